The number of rotatable bonds is 22. The van der Waals surface area contributed by atoms with Gasteiger partial charge in [-0.1, -0.05) is 75.6 Å². The van der Waals surface area contributed by atoms with Crippen LogP contribution in [0.15, 0.2) is 97.1 Å². The van der Waals surface area contributed by atoms with E-state index < -0.39 is 44.3 Å². The molecule has 4 heterocycles. The number of hydrogen-bond donors (Lipinski definition) is 11. The number of thiocarbonyl (C=S) groups is 3. The van der Waals surface area contributed by atoms with Gasteiger partial charge in [0.15, 0.2) is 71.8 Å². The molecule has 0 bridgehead atoms. The van der Waals surface area contributed by atoms with Gasteiger partial charge in [-0.15, -0.1) is 0 Å². The van der Waals surface area contributed by atoms with Gasteiger partial charge in [0.2, 0.25) is 32.5 Å². The molecule has 1 unspecified atom stereocenters. The second-order valence-electron chi connectivity index (χ2n) is 27.5. The molecule has 2 aromatic heterocycles. The Hall–Kier alpha value is -7.62. The van der Waals surface area contributed by atoms with E-state index in [0.29, 0.717) is 113 Å². The number of aldehydes is 1. The first-order chi connectivity index (χ1) is 57.6. The molecule has 0 saturated carbocycles. The number of H-pyrrole nitrogens is 2. The van der Waals surface area contributed by atoms with Crippen LogP contribution in [0, 0.1) is 31.8 Å². The van der Waals surface area contributed by atoms with Crippen LogP contribution < -0.4 is 216 Å². The summed E-state index contributed by atoms with van der Waals surface area (Å²) in [7, 11) is 15.9. The number of aromatic amines is 2. The number of methoxy groups -OCH3 is 12. The van der Waals surface area contributed by atoms with Crippen LogP contribution in [0.1, 0.15) is 112 Å². The zero-order chi connectivity index (χ0) is 92.8. The summed E-state index contributed by atoms with van der Waals surface area (Å²) < 4.78 is 92.4. The number of nitrogens with one attached hydrogen (secondary N) is 6. The third-order valence-corrected chi connectivity index (χ3v) is 19.0. The first-order valence-corrected chi connectivity index (χ1v) is 42.0. The maximum absolute atomic E-state index is 11.9. The number of nitrogens with zero attached hydrogens (tertiary/aromatic N) is 6. The smallest absolute Gasteiger partial charge is 0.870 e. The van der Waals surface area contributed by atoms with Crippen molar-refractivity contribution in [1.82, 2.24) is 46.0 Å². The Morgan fingerprint density at radius 3 is 1.12 bits per heavy atom. The number of nitrogens with two attached hydrogens (primary N) is 4. The first kappa shape index (κ1) is 126. The number of aromatic nitrogens is 6. The largest absolute Gasteiger partial charge is 1.00 e. The number of carbonyl (C=O) groups excluding carboxylic acids is 3. The number of aliphatic hydroxyl groups excluding tert-OH is 1. The second-order valence-corrected chi connectivity index (χ2v) is 34.7. The van der Waals surface area contributed by atoms with Crippen molar-refractivity contribution in [3.05, 3.63) is 129 Å². The molecule has 8 aromatic rings. The van der Waals surface area contributed by atoms with Crippen molar-refractivity contribution in [3.8, 4) is 104 Å². The molecule has 18 N–H and O–H groups in total. The fourth-order valence-corrected chi connectivity index (χ4v) is 10.5. The fraction of sp³-hybridized carbons (Fsp3) is 0.397. The minimum absolute atomic E-state index is 0. The van der Waals surface area contributed by atoms with Crippen LogP contribution in [0.2, 0.25) is 19.6 Å². The van der Waals surface area contributed by atoms with E-state index in [1.54, 1.807) is 69.3 Å². The van der Waals surface area contributed by atoms with Gasteiger partial charge in [0.1, 0.15) is 6.29 Å². The maximum Gasteiger partial charge on any atom is 1.00 e. The molecule has 686 valence electrons. The molecule has 6 aromatic carbocycles. The maximum atomic E-state index is 11.9. The molecule has 2 aliphatic rings. The van der Waals surface area contributed by atoms with Crippen LogP contribution in [0.3, 0.4) is 0 Å². The number of nitriles is 2. The number of ether oxygens (including phenoxy) is 12. The summed E-state index contributed by atoms with van der Waals surface area (Å²) in [6, 6.07) is 29.4. The van der Waals surface area contributed by atoms with Crippen molar-refractivity contribution in [3.63, 3.8) is 0 Å². The van der Waals surface area contributed by atoms with Gasteiger partial charge in [0.05, 0.1) is 114 Å². The predicted molar refractivity (Wildman–Crippen MR) is 500 cm³/mol. The summed E-state index contributed by atoms with van der Waals surface area (Å²) in [5.41, 5.74) is 15.8. The van der Waals surface area contributed by atoms with Gasteiger partial charge < -0.3 is 128 Å². The third kappa shape index (κ3) is 36.2. The van der Waals surface area contributed by atoms with Gasteiger partial charge in [0.25, 0.3) is 11.8 Å². The van der Waals surface area contributed by atoms with Crippen molar-refractivity contribution >= 4 is 134 Å². The SMILES string of the molecule is C.CC1(C)OB(c2ccc(C=O)cc2)OC1(C)C.CCO.COc1cc(-c2n[nH]c(=S)n2N)cc(OC)c1OC.COc1cc(-c2n[nH]c(=S)n2NC(C#N)c2ccc(B3OC(C)(C)C(C)(C)O3)cc2)cc(OC)c1OC.COc1cc(C(=O)NN)cc(OC)c1OC.COc1cc(C(=O)NNC(=S)[S-])cc(OC)c1OC.C[Si](C)(C)C#N.NN.O.S=C=S.[K+].[K+].[OH-]. The zero-order valence-corrected chi connectivity index (χ0v) is 87.5. The summed E-state index contributed by atoms with van der Waals surface area (Å²) >= 11 is 27.6. The van der Waals surface area contributed by atoms with E-state index in [1.165, 1.54) is 92.9 Å². The van der Waals surface area contributed by atoms with Gasteiger partial charge in [-0.2, -0.15) is 15.5 Å². The molecular formula is C78H114B2K2N16O22S6Si. The van der Waals surface area contributed by atoms with E-state index in [4.69, 9.17) is 122 Å². The molecule has 2 saturated heterocycles. The number of hydrogen-bond acceptors (Lipinski definition) is 36. The minimum Gasteiger partial charge on any atom is -0.870 e. The molecule has 49 heteroatoms. The van der Waals surface area contributed by atoms with Crippen molar-refractivity contribution in [2.45, 2.75) is 118 Å². The van der Waals surface area contributed by atoms with E-state index >= 15 is 0 Å². The molecule has 2 amide bonds. The Morgan fingerprint density at radius 1 is 0.575 bits per heavy atom. The topological polar surface area (TPSA) is 548 Å². The van der Waals surface area contributed by atoms with Gasteiger partial charge >= 0.3 is 117 Å². The summed E-state index contributed by atoms with van der Waals surface area (Å²) in [5.74, 6) is 24.2. The quantitative estimate of drug-likeness (QED) is 0.00884. The number of hydrazine groups is 3. The molecule has 1 atom stereocenters. The number of carbonyl (C=O) groups is 3. The van der Waals surface area contributed by atoms with Crippen molar-refractivity contribution in [2.75, 3.05) is 103 Å². The molecule has 127 heavy (non-hydrogen) atoms. The van der Waals surface area contributed by atoms with Gasteiger partial charge in [0, 0.05) is 44.4 Å². The van der Waals surface area contributed by atoms with Crippen LogP contribution in [0.25, 0.3) is 22.8 Å². The average molecular weight is 1950 g/mol. The summed E-state index contributed by atoms with van der Waals surface area (Å²) in [4.78, 5) is 33.8. The monoisotopic (exact) mass is 1950 g/mol. The third-order valence-electron chi connectivity index (χ3n) is 17.6. The van der Waals surface area contributed by atoms with Crippen LogP contribution >= 0.6 is 61.1 Å². The van der Waals surface area contributed by atoms with Crippen molar-refractivity contribution in [1.29, 1.82) is 10.5 Å². The molecule has 0 aliphatic carbocycles. The molecule has 2 aliphatic heterocycles. The molecule has 10 rings (SSSR count). The van der Waals surface area contributed by atoms with Crippen LogP contribution in [0.4, 0.5) is 0 Å². The molecule has 38 nitrogen and oxygen atoms in total. The van der Waals surface area contributed by atoms with E-state index in [2.05, 4.69) is 109 Å². The average Bonchev–Trinajstić information content (AvgIpc) is 1.64. The normalized spacial score (nSPS) is 12.6. The fourth-order valence-electron chi connectivity index (χ4n) is 10.1. The number of aliphatic hydroxyl groups is 1. The van der Waals surface area contributed by atoms with Gasteiger partial charge in [-0.05, 0) is 181 Å². The summed E-state index contributed by atoms with van der Waals surface area (Å²) in [6.07, 6.45) is 0.827. The Labute approximate surface area is 860 Å². The van der Waals surface area contributed by atoms with Crippen LogP contribution in [-0.4, -0.2) is 209 Å². The van der Waals surface area contributed by atoms with Gasteiger partial charge in [-0.3, -0.25) is 42.3 Å². The molecular weight excluding hydrogens is 1830 g/mol. The van der Waals surface area contributed by atoms with Crippen LogP contribution in [-0.2, 0) is 31.2 Å². The zero-order valence-electron chi connectivity index (χ0n) is 75.3. The van der Waals surface area contributed by atoms with Gasteiger partial charge in [-0.25, -0.2) is 30.7 Å². The van der Waals surface area contributed by atoms with Crippen LogP contribution in [0.5, 0.6) is 69.0 Å². The number of nitrogen functional groups attached to an aromatic ring is 2. The summed E-state index contributed by atoms with van der Waals surface area (Å²) in [5, 5.41) is 39.6. The summed E-state index contributed by atoms with van der Waals surface area (Å²) in [6.45, 7) is 24.1. The predicted octanol–water partition coefficient (Wildman–Crippen LogP) is 2.85. The second kappa shape index (κ2) is 61.1. The number of amides is 2. The van der Waals surface area contributed by atoms with E-state index in [1.807, 2.05) is 121 Å². The molecule has 0 radical (unpaired) electrons. The Bertz CT molecular complexity index is 4870. The van der Waals surface area contributed by atoms with Crippen molar-refractivity contribution < 1.29 is 209 Å². The Kier molecular flexibility index (Phi) is 60.5. The molecule has 0 spiro atoms. The van der Waals surface area contributed by atoms with Crippen molar-refractivity contribution in [2.24, 2.45) is 17.5 Å². The Morgan fingerprint density at radius 2 is 0.858 bits per heavy atom. The minimum atomic E-state index is -1.33. The van der Waals surface area contributed by atoms with E-state index in [-0.39, 0.29) is 155 Å². The standard InChI is InChI=1S/C25H30BN5O5S.C13H17BO3.C11H14N4O3S.C11H14N2O4S2.C10H14N2O4.C4H9NSi.C2H6O.CS2.CH4.2K.H4N2.2H2O/c1-24(2)25(3,4)36-26(35-24)17-10-8-15(9-11-17)18(14-27)30-31-22(28-29-23(31)37)16-12-19(32-5)21(34-7)20(13-16)33-6;1-12(2)13(3,4)17-14(16-12)11-7-5-10(9-15)6-8-11;1-16-7-4-6(5-8(17-2)9(7)18-3)10-13-14-11(19)15(10)12;1-15-7-4-6(10(14)12-13-11(18)19)5-8(16-2)9(7)17-3;1-14-7-4-6(10(13)12-11)5-8(15-2)9(7)16-3;1-6(2,3)4-5;1-2-3;2-1-3;;;;1-2;;/h8-13,18,30H,1-7H3,(H,29,37);5-9H,1-4H3;4-5H,12H2,1-3H3,(H,14,19);4-5H,1-3H3,(H,12,14)(H2,13,18,19);4-5H,11H2,1-3H3,(H,12,13);1-3H3;3H,2H2,1H3;;1H4;;;1-2H2;2*1H2/q;;;;;;;;;2*+1;;;/p-2. The van der Waals surface area contributed by atoms with E-state index in [0.717, 1.165) is 22.8 Å². The molecule has 2 fully saturated rings. The first-order valence-electron chi connectivity index (χ1n) is 36.1. The Balaban J connectivity index is -0.000000735. The van der Waals surface area contributed by atoms with E-state index in [9.17, 15) is 19.6 Å². The number of benzene rings is 6.